The van der Waals surface area contributed by atoms with Crippen LogP contribution in [0.2, 0.25) is 0 Å². The number of aliphatic hydroxyl groups is 1. The van der Waals surface area contributed by atoms with Crippen LogP contribution in [0.3, 0.4) is 0 Å². The number of hydrogen-bond donors (Lipinski definition) is 2. The summed E-state index contributed by atoms with van der Waals surface area (Å²) in [4.78, 5) is 0. The van der Waals surface area contributed by atoms with Crippen LogP contribution >= 0.6 is 15.9 Å². The predicted octanol–water partition coefficient (Wildman–Crippen LogP) is 3.88. The normalized spacial score (nSPS) is 12.0. The van der Waals surface area contributed by atoms with E-state index >= 15 is 0 Å². The molecule has 2 aromatic carbocycles. The van der Waals surface area contributed by atoms with E-state index in [9.17, 15) is 13.9 Å². The van der Waals surface area contributed by atoms with Gasteiger partial charge in [-0.25, -0.2) is 8.78 Å². The van der Waals surface area contributed by atoms with E-state index in [2.05, 4.69) is 21.2 Å². The molecule has 112 valence electrons. The maximum Gasteiger partial charge on any atom is 0.147 e. The maximum atomic E-state index is 13.6. The van der Waals surface area contributed by atoms with Crippen molar-refractivity contribution in [3.8, 4) is 5.75 Å². The second kappa shape index (κ2) is 6.87. The summed E-state index contributed by atoms with van der Waals surface area (Å²) in [6, 6.07) is 9.00. The molecule has 6 heteroatoms. The first-order valence-corrected chi connectivity index (χ1v) is 7.01. The molecule has 0 radical (unpaired) electrons. The number of benzene rings is 2. The predicted molar refractivity (Wildman–Crippen MR) is 80.5 cm³/mol. The SMILES string of the molecule is COc1cccc(C(O)CNc2cc(F)c(Br)cc2F)c1. The van der Waals surface area contributed by atoms with Crippen molar-refractivity contribution in [2.24, 2.45) is 0 Å². The number of anilines is 1. The van der Waals surface area contributed by atoms with E-state index in [1.165, 1.54) is 7.11 Å². The van der Waals surface area contributed by atoms with Gasteiger partial charge in [-0.2, -0.15) is 0 Å². The molecule has 1 unspecified atom stereocenters. The van der Waals surface area contributed by atoms with Crippen LogP contribution in [0.15, 0.2) is 40.9 Å². The molecular formula is C15H14BrF2NO2. The Balaban J connectivity index is 2.07. The molecule has 2 N–H and O–H groups in total. The molecule has 0 heterocycles. The summed E-state index contributed by atoms with van der Waals surface area (Å²) >= 11 is 2.91. The Morgan fingerprint density at radius 1 is 1.24 bits per heavy atom. The second-order valence-electron chi connectivity index (χ2n) is 4.42. The smallest absolute Gasteiger partial charge is 0.147 e. The molecule has 2 rings (SSSR count). The summed E-state index contributed by atoms with van der Waals surface area (Å²) in [5.41, 5.74) is 0.623. The average molecular weight is 358 g/mol. The quantitative estimate of drug-likeness (QED) is 0.797. The lowest BCUT2D eigenvalue weighted by Crippen LogP contribution is -2.13. The highest BCUT2D eigenvalue weighted by atomic mass is 79.9. The Hall–Kier alpha value is -1.66. The molecule has 3 nitrogen and oxygen atoms in total. The van der Waals surface area contributed by atoms with E-state index in [4.69, 9.17) is 4.74 Å². The van der Waals surface area contributed by atoms with Crippen molar-refractivity contribution in [1.29, 1.82) is 0 Å². The van der Waals surface area contributed by atoms with Gasteiger partial charge in [0.1, 0.15) is 17.4 Å². The molecule has 0 fully saturated rings. The molecule has 1 atom stereocenters. The summed E-state index contributed by atoms with van der Waals surface area (Å²) in [7, 11) is 1.53. The lowest BCUT2D eigenvalue weighted by atomic mass is 10.1. The highest BCUT2D eigenvalue weighted by Crippen LogP contribution is 2.25. The largest absolute Gasteiger partial charge is 0.497 e. The summed E-state index contributed by atoms with van der Waals surface area (Å²) < 4.78 is 32.1. The number of nitrogens with one attached hydrogen (secondary N) is 1. The zero-order valence-electron chi connectivity index (χ0n) is 11.2. The Morgan fingerprint density at radius 3 is 2.71 bits per heavy atom. The fourth-order valence-corrected chi connectivity index (χ4v) is 2.15. The second-order valence-corrected chi connectivity index (χ2v) is 5.27. The molecular weight excluding hydrogens is 344 g/mol. The Labute approximate surface area is 129 Å². The van der Waals surface area contributed by atoms with Crippen molar-refractivity contribution in [3.63, 3.8) is 0 Å². The number of methoxy groups -OCH3 is 1. The highest BCUT2D eigenvalue weighted by Gasteiger charge is 2.12. The summed E-state index contributed by atoms with van der Waals surface area (Å²) in [6.45, 7) is 0.0468. The Morgan fingerprint density at radius 2 is 2.00 bits per heavy atom. The van der Waals surface area contributed by atoms with Gasteiger partial charge >= 0.3 is 0 Å². The third-order valence-electron chi connectivity index (χ3n) is 2.97. The fourth-order valence-electron chi connectivity index (χ4n) is 1.83. The summed E-state index contributed by atoms with van der Waals surface area (Å²) in [5.74, 6) is -0.552. The molecule has 21 heavy (non-hydrogen) atoms. The minimum absolute atomic E-state index is 0.00218. The van der Waals surface area contributed by atoms with Gasteiger partial charge in [0.2, 0.25) is 0 Å². The zero-order valence-corrected chi connectivity index (χ0v) is 12.8. The fraction of sp³-hybridized carbons (Fsp3) is 0.200. The molecule has 0 amide bonds. The summed E-state index contributed by atoms with van der Waals surface area (Å²) in [5, 5.41) is 12.8. The molecule has 2 aromatic rings. The van der Waals surface area contributed by atoms with Gasteiger partial charge in [0.25, 0.3) is 0 Å². The monoisotopic (exact) mass is 357 g/mol. The van der Waals surface area contributed by atoms with E-state index in [0.717, 1.165) is 12.1 Å². The van der Waals surface area contributed by atoms with Gasteiger partial charge in [-0.05, 0) is 39.7 Å². The first-order chi connectivity index (χ1) is 10.0. The van der Waals surface area contributed by atoms with Crippen molar-refractivity contribution in [2.75, 3.05) is 19.0 Å². The summed E-state index contributed by atoms with van der Waals surface area (Å²) in [6.07, 6.45) is -0.869. The van der Waals surface area contributed by atoms with Gasteiger partial charge in [0.05, 0.1) is 23.4 Å². The van der Waals surface area contributed by atoms with E-state index in [-0.39, 0.29) is 16.7 Å². The average Bonchev–Trinajstić information content (AvgIpc) is 2.49. The molecule has 0 aliphatic heterocycles. The number of hydrogen-bond acceptors (Lipinski definition) is 3. The third-order valence-corrected chi connectivity index (χ3v) is 3.58. The first-order valence-electron chi connectivity index (χ1n) is 6.21. The zero-order chi connectivity index (χ0) is 15.4. The van der Waals surface area contributed by atoms with Crippen molar-refractivity contribution in [1.82, 2.24) is 0 Å². The van der Waals surface area contributed by atoms with Crippen LogP contribution in [-0.4, -0.2) is 18.8 Å². The molecule has 0 saturated carbocycles. The number of halogens is 3. The van der Waals surface area contributed by atoms with Crippen molar-refractivity contribution < 1.29 is 18.6 Å². The van der Waals surface area contributed by atoms with Crippen LogP contribution in [0.4, 0.5) is 14.5 Å². The topological polar surface area (TPSA) is 41.5 Å². The van der Waals surface area contributed by atoms with Crippen molar-refractivity contribution in [2.45, 2.75) is 6.10 Å². The number of rotatable bonds is 5. The van der Waals surface area contributed by atoms with Gasteiger partial charge in [-0.1, -0.05) is 12.1 Å². The van der Waals surface area contributed by atoms with E-state index in [1.807, 2.05) is 0 Å². The first kappa shape index (κ1) is 15.7. The minimum atomic E-state index is -0.869. The van der Waals surface area contributed by atoms with E-state index in [1.54, 1.807) is 24.3 Å². The van der Waals surface area contributed by atoms with Gasteiger partial charge in [-0.3, -0.25) is 0 Å². The molecule has 0 bridgehead atoms. The van der Waals surface area contributed by atoms with Gasteiger partial charge in [0, 0.05) is 12.6 Å². The van der Waals surface area contributed by atoms with Crippen molar-refractivity contribution in [3.05, 3.63) is 58.1 Å². The van der Waals surface area contributed by atoms with Gasteiger partial charge in [0.15, 0.2) is 0 Å². The lowest BCUT2D eigenvalue weighted by Gasteiger charge is -2.14. The van der Waals surface area contributed by atoms with Crippen LogP contribution in [0, 0.1) is 11.6 Å². The third kappa shape index (κ3) is 3.92. The van der Waals surface area contributed by atoms with Crippen LogP contribution in [0.1, 0.15) is 11.7 Å². The molecule has 0 aliphatic rings. The van der Waals surface area contributed by atoms with Gasteiger partial charge < -0.3 is 15.2 Å². The van der Waals surface area contributed by atoms with Crippen molar-refractivity contribution >= 4 is 21.6 Å². The van der Waals surface area contributed by atoms with E-state index in [0.29, 0.717) is 11.3 Å². The molecule has 0 spiro atoms. The number of ether oxygens (including phenoxy) is 1. The Bertz CT molecular complexity index is 637. The standard InChI is InChI=1S/C15H14BrF2NO2/c1-21-10-4-2-3-9(5-10)15(20)8-19-14-7-12(17)11(16)6-13(14)18/h2-7,15,19-20H,8H2,1H3. The lowest BCUT2D eigenvalue weighted by molar-refractivity contribution is 0.191. The van der Waals surface area contributed by atoms with Crippen LogP contribution < -0.4 is 10.1 Å². The van der Waals surface area contributed by atoms with E-state index < -0.39 is 17.7 Å². The van der Waals surface area contributed by atoms with Gasteiger partial charge in [-0.15, -0.1) is 0 Å². The van der Waals surface area contributed by atoms with Crippen LogP contribution in [-0.2, 0) is 0 Å². The number of aliphatic hydroxyl groups excluding tert-OH is 1. The van der Waals surface area contributed by atoms with Crippen LogP contribution in [0.5, 0.6) is 5.75 Å². The molecule has 0 saturated heterocycles. The molecule has 0 aliphatic carbocycles. The molecule has 0 aromatic heterocycles. The Kier molecular flexibility index (Phi) is 5.14. The highest BCUT2D eigenvalue weighted by molar-refractivity contribution is 9.10. The maximum absolute atomic E-state index is 13.6. The van der Waals surface area contributed by atoms with Crippen LogP contribution in [0.25, 0.3) is 0 Å². The minimum Gasteiger partial charge on any atom is -0.497 e.